The molecule has 0 spiro atoms. The lowest BCUT2D eigenvalue weighted by Gasteiger charge is -2.47. The molecule has 3 atom stereocenters. The van der Waals surface area contributed by atoms with Gasteiger partial charge in [0.25, 0.3) is 0 Å². The summed E-state index contributed by atoms with van der Waals surface area (Å²) in [7, 11) is 0. The zero-order valence-corrected chi connectivity index (χ0v) is 27.2. The largest absolute Gasteiger partial charge is 0.488 e. The maximum Gasteiger partial charge on any atom is 0.309 e. The van der Waals surface area contributed by atoms with Crippen LogP contribution in [0.15, 0.2) is 48.5 Å². The lowest BCUT2D eigenvalue weighted by molar-refractivity contribution is -0.152. The van der Waals surface area contributed by atoms with Crippen molar-refractivity contribution in [1.82, 2.24) is 9.88 Å². The van der Waals surface area contributed by atoms with Gasteiger partial charge in [0.2, 0.25) is 0 Å². The van der Waals surface area contributed by atoms with Gasteiger partial charge in [0.15, 0.2) is 0 Å². The minimum Gasteiger partial charge on any atom is -0.488 e. The number of carboxylic acid groups (broad SMARTS) is 1. The Bertz CT molecular complexity index is 1550. The van der Waals surface area contributed by atoms with Crippen molar-refractivity contribution in [3.63, 3.8) is 0 Å². The molecular formula is C38H47N3O5. The van der Waals surface area contributed by atoms with Crippen LogP contribution in [0.2, 0.25) is 0 Å². The van der Waals surface area contributed by atoms with Crippen molar-refractivity contribution in [1.29, 1.82) is 0 Å². The number of benzene rings is 2. The topological polar surface area (TPSA) is 84.4 Å². The number of carboxylic acids is 1. The Balaban J connectivity index is 1.10. The molecule has 1 aromatic heterocycles. The van der Waals surface area contributed by atoms with Crippen LogP contribution >= 0.6 is 0 Å². The third kappa shape index (κ3) is 6.27. The van der Waals surface area contributed by atoms with Crippen LogP contribution in [0.3, 0.4) is 0 Å². The van der Waals surface area contributed by atoms with Crippen molar-refractivity contribution in [3.05, 3.63) is 76.3 Å². The van der Waals surface area contributed by atoms with Crippen molar-refractivity contribution >= 4 is 11.8 Å². The number of piperidine rings is 1. The fourth-order valence-corrected chi connectivity index (χ4v) is 8.24. The van der Waals surface area contributed by atoms with Crippen LogP contribution in [0.5, 0.6) is 5.75 Å². The van der Waals surface area contributed by atoms with Crippen LogP contribution in [0.25, 0.3) is 11.3 Å². The summed E-state index contributed by atoms with van der Waals surface area (Å²) in [5.74, 6) is 0.492. The van der Waals surface area contributed by atoms with Crippen molar-refractivity contribution in [2.45, 2.75) is 83.6 Å². The van der Waals surface area contributed by atoms with Gasteiger partial charge < -0.3 is 24.2 Å². The fourth-order valence-electron chi connectivity index (χ4n) is 8.24. The van der Waals surface area contributed by atoms with E-state index >= 15 is 0 Å². The average molecular weight is 626 g/mol. The quantitative estimate of drug-likeness (QED) is 0.343. The Morgan fingerprint density at radius 3 is 2.63 bits per heavy atom. The Labute approximate surface area is 272 Å². The number of carbonyl (C=O) groups is 1. The Morgan fingerprint density at radius 2 is 1.78 bits per heavy atom. The highest BCUT2D eigenvalue weighted by Gasteiger charge is 2.44. The number of fused-ring (bicyclic) bond motifs is 2. The smallest absolute Gasteiger partial charge is 0.309 e. The van der Waals surface area contributed by atoms with Gasteiger partial charge in [0, 0.05) is 51.1 Å². The third-order valence-electron chi connectivity index (χ3n) is 10.8. The minimum absolute atomic E-state index is 0.0134. The lowest BCUT2D eigenvalue weighted by atomic mass is 9.84. The summed E-state index contributed by atoms with van der Waals surface area (Å²) in [6.07, 6.45) is 6.54. The summed E-state index contributed by atoms with van der Waals surface area (Å²) >= 11 is 0. The molecule has 244 valence electrons. The molecule has 5 heterocycles. The Kier molecular flexibility index (Phi) is 9.29. The highest BCUT2D eigenvalue weighted by molar-refractivity contribution is 5.72. The van der Waals surface area contributed by atoms with E-state index in [0.717, 1.165) is 93.2 Å². The fraction of sp³-hybridized carbons (Fsp3) is 0.526. The second-order valence-corrected chi connectivity index (χ2v) is 13.5. The second kappa shape index (κ2) is 13.7. The van der Waals surface area contributed by atoms with Crippen molar-refractivity contribution in [3.8, 4) is 17.0 Å². The molecule has 1 N–H and O–H groups in total. The van der Waals surface area contributed by atoms with E-state index in [4.69, 9.17) is 19.2 Å². The van der Waals surface area contributed by atoms with Gasteiger partial charge in [-0.2, -0.15) is 0 Å². The standard InChI is InChI=1S/C38H47N3O5/c1-25-6-3-7-31(33-8-4-10-35(39-33)41-20-15-32(38(42)43)37-34(41)9-5-21-45-37)36(25)46-24-28-12-11-27-13-18-40(19-14-30(27)26(28)2)29-16-22-44-23-17-29/h3-4,6-8,10-12,29,32,34,37H,5,9,13-24H2,1-2H3,(H,42,43)/t32-,34+,37-/m1/s1. The molecule has 7 rings (SSSR count). The molecule has 46 heavy (non-hydrogen) atoms. The van der Waals surface area contributed by atoms with Gasteiger partial charge >= 0.3 is 5.97 Å². The molecule has 0 saturated carbocycles. The number of aliphatic carboxylic acids is 1. The average Bonchev–Trinajstić information content (AvgIpc) is 3.32. The van der Waals surface area contributed by atoms with Crippen molar-refractivity contribution < 1.29 is 24.1 Å². The number of aryl methyl sites for hydroxylation is 1. The molecule has 3 fully saturated rings. The molecule has 4 aliphatic rings. The maximum atomic E-state index is 12.0. The predicted octanol–water partition coefficient (Wildman–Crippen LogP) is 5.98. The molecule has 3 saturated heterocycles. The van der Waals surface area contributed by atoms with Crippen LogP contribution in [0.4, 0.5) is 5.82 Å². The van der Waals surface area contributed by atoms with Crippen LogP contribution in [0.1, 0.15) is 59.9 Å². The normalized spacial score (nSPS) is 24.1. The Hall–Kier alpha value is -3.46. The predicted molar refractivity (Wildman–Crippen MR) is 179 cm³/mol. The molecule has 0 aliphatic carbocycles. The number of ether oxygens (including phenoxy) is 3. The van der Waals surface area contributed by atoms with Gasteiger partial charge in [0.1, 0.15) is 18.2 Å². The summed E-state index contributed by atoms with van der Waals surface area (Å²) in [5.41, 5.74) is 8.47. The van der Waals surface area contributed by atoms with E-state index in [0.29, 0.717) is 32.2 Å². The molecular weight excluding hydrogens is 578 g/mol. The number of pyridine rings is 1. The first kappa shape index (κ1) is 31.2. The van der Waals surface area contributed by atoms with Gasteiger partial charge in [-0.1, -0.05) is 30.3 Å². The van der Waals surface area contributed by atoms with Gasteiger partial charge in [-0.25, -0.2) is 4.98 Å². The van der Waals surface area contributed by atoms with E-state index in [2.05, 4.69) is 54.0 Å². The molecule has 2 aromatic carbocycles. The lowest BCUT2D eigenvalue weighted by Crippen LogP contribution is -2.57. The van der Waals surface area contributed by atoms with Crippen LogP contribution in [0, 0.1) is 19.8 Å². The van der Waals surface area contributed by atoms with Crippen LogP contribution in [-0.2, 0) is 33.7 Å². The first-order valence-corrected chi connectivity index (χ1v) is 17.2. The molecule has 0 bridgehead atoms. The Morgan fingerprint density at radius 1 is 0.957 bits per heavy atom. The van der Waals surface area contributed by atoms with Crippen LogP contribution in [-0.4, -0.2) is 78.6 Å². The van der Waals surface area contributed by atoms with Gasteiger partial charge in [-0.3, -0.25) is 9.69 Å². The van der Waals surface area contributed by atoms with E-state index in [9.17, 15) is 9.90 Å². The van der Waals surface area contributed by atoms with E-state index in [1.807, 2.05) is 18.2 Å². The van der Waals surface area contributed by atoms with E-state index in [1.165, 1.54) is 22.3 Å². The third-order valence-corrected chi connectivity index (χ3v) is 10.8. The summed E-state index contributed by atoms with van der Waals surface area (Å²) in [4.78, 5) is 22.1. The first-order valence-electron chi connectivity index (χ1n) is 17.2. The molecule has 0 amide bonds. The van der Waals surface area contributed by atoms with Gasteiger partial charge in [0.05, 0.1) is 23.8 Å². The summed E-state index contributed by atoms with van der Waals surface area (Å²) in [6.45, 7) is 10.1. The molecule has 8 heteroatoms. The zero-order valence-electron chi connectivity index (χ0n) is 27.2. The number of hydrogen-bond donors (Lipinski definition) is 1. The number of aromatic nitrogens is 1. The summed E-state index contributed by atoms with van der Waals surface area (Å²) < 4.78 is 18.3. The molecule has 0 unspecified atom stereocenters. The second-order valence-electron chi connectivity index (χ2n) is 13.5. The number of rotatable bonds is 7. The first-order chi connectivity index (χ1) is 22.5. The van der Waals surface area contributed by atoms with E-state index < -0.39 is 11.9 Å². The van der Waals surface area contributed by atoms with Gasteiger partial charge in [-0.15, -0.1) is 0 Å². The van der Waals surface area contributed by atoms with Gasteiger partial charge in [-0.05, 0) is 105 Å². The number of para-hydroxylation sites is 1. The summed E-state index contributed by atoms with van der Waals surface area (Å²) in [5, 5.41) is 9.83. The molecule has 4 aliphatic heterocycles. The number of nitrogens with zero attached hydrogens (tertiary/aromatic N) is 3. The number of anilines is 1. The molecule has 3 aromatic rings. The summed E-state index contributed by atoms with van der Waals surface area (Å²) in [6, 6.07) is 17.6. The SMILES string of the molecule is Cc1cccc(-c2cccc(N3CC[C@@H](C(=O)O)[C@H]4OCCC[C@@H]43)n2)c1OCc1ccc2c(c1C)CCN(C1CCOCC1)CC2. The highest BCUT2D eigenvalue weighted by atomic mass is 16.5. The minimum atomic E-state index is -0.763. The van der Waals surface area contributed by atoms with E-state index in [1.54, 1.807) is 0 Å². The van der Waals surface area contributed by atoms with Crippen molar-refractivity contribution in [2.75, 3.05) is 44.4 Å². The monoisotopic (exact) mass is 625 g/mol. The molecule has 8 nitrogen and oxygen atoms in total. The van der Waals surface area contributed by atoms with Crippen molar-refractivity contribution in [2.24, 2.45) is 5.92 Å². The number of hydrogen-bond acceptors (Lipinski definition) is 7. The van der Waals surface area contributed by atoms with E-state index in [-0.39, 0.29) is 12.1 Å². The zero-order chi connectivity index (χ0) is 31.6. The van der Waals surface area contributed by atoms with Crippen LogP contribution < -0.4 is 9.64 Å². The maximum absolute atomic E-state index is 12.0. The molecule has 0 radical (unpaired) electrons. The highest BCUT2D eigenvalue weighted by Crippen LogP contribution is 2.38.